The molecule has 1 aromatic heterocycles. The third-order valence-electron chi connectivity index (χ3n) is 5.27. The number of fused-ring (bicyclic) bond motifs is 2. The molecule has 4 rings (SSSR count). The number of ether oxygens (including phenoxy) is 1. The lowest BCUT2D eigenvalue weighted by molar-refractivity contribution is -0.204. The minimum atomic E-state index is -0.888. The van der Waals surface area contributed by atoms with Gasteiger partial charge in [0, 0.05) is 13.1 Å². The van der Waals surface area contributed by atoms with Crippen LogP contribution in [0, 0.1) is 0 Å². The van der Waals surface area contributed by atoms with Crippen molar-refractivity contribution in [1.82, 2.24) is 25.5 Å². The van der Waals surface area contributed by atoms with Crippen molar-refractivity contribution < 1.29 is 14.3 Å². The Balaban J connectivity index is 1.31. The predicted octanol–water partition coefficient (Wildman–Crippen LogP) is 0.685. The first-order valence-corrected chi connectivity index (χ1v) is 9.04. The minimum absolute atomic E-state index is 0.0192. The van der Waals surface area contributed by atoms with Crippen LogP contribution in [-0.4, -0.2) is 63.7 Å². The van der Waals surface area contributed by atoms with Crippen LogP contribution in [-0.2, 0) is 9.53 Å². The lowest BCUT2D eigenvalue weighted by Crippen LogP contribution is -2.76. The summed E-state index contributed by atoms with van der Waals surface area (Å²) in [4.78, 5) is 35.2. The van der Waals surface area contributed by atoms with Gasteiger partial charge >= 0.3 is 0 Å². The van der Waals surface area contributed by atoms with Crippen molar-refractivity contribution in [2.45, 2.75) is 38.1 Å². The number of β-lactam (4-membered cyclic amide) rings is 1. The van der Waals surface area contributed by atoms with Crippen LogP contribution in [0.1, 0.15) is 31.3 Å². The quantitative estimate of drug-likeness (QED) is 0.594. The summed E-state index contributed by atoms with van der Waals surface area (Å²) < 4.78 is 5.84. The first-order valence-electron chi connectivity index (χ1n) is 9.04. The second-order valence-corrected chi connectivity index (χ2v) is 7.73. The van der Waals surface area contributed by atoms with Crippen LogP contribution in [0.25, 0.3) is 11.0 Å². The molecule has 0 aliphatic carbocycles. The number of benzene rings is 1. The van der Waals surface area contributed by atoms with Crippen molar-refractivity contribution in [3.63, 3.8) is 0 Å². The van der Waals surface area contributed by atoms with E-state index in [-0.39, 0.29) is 42.4 Å². The van der Waals surface area contributed by atoms with E-state index in [2.05, 4.69) is 20.6 Å². The van der Waals surface area contributed by atoms with Gasteiger partial charge in [-0.1, -0.05) is 12.1 Å². The summed E-state index contributed by atoms with van der Waals surface area (Å²) >= 11 is 0. The third-order valence-corrected chi connectivity index (χ3v) is 5.27. The Labute approximate surface area is 157 Å². The van der Waals surface area contributed by atoms with Gasteiger partial charge in [-0.2, -0.15) is 0 Å². The molecule has 8 heteroatoms. The fraction of sp³-hybridized carbons (Fsp3) is 0.474. The van der Waals surface area contributed by atoms with Gasteiger partial charge in [0.2, 0.25) is 0 Å². The van der Waals surface area contributed by atoms with E-state index >= 15 is 0 Å². The van der Waals surface area contributed by atoms with E-state index in [0.29, 0.717) is 5.52 Å². The van der Waals surface area contributed by atoms with Crippen LogP contribution in [0.4, 0.5) is 0 Å². The molecular formula is C19H23N5O3. The van der Waals surface area contributed by atoms with E-state index in [1.807, 2.05) is 43.0 Å². The van der Waals surface area contributed by atoms with Crippen molar-refractivity contribution in [1.29, 1.82) is 0 Å². The molecule has 1 aromatic carbocycles. The molecule has 0 saturated carbocycles. The van der Waals surface area contributed by atoms with Crippen LogP contribution in [0.3, 0.4) is 0 Å². The van der Waals surface area contributed by atoms with Crippen LogP contribution >= 0.6 is 0 Å². The second-order valence-electron chi connectivity index (χ2n) is 7.73. The Morgan fingerprint density at radius 1 is 1.33 bits per heavy atom. The number of nitrogens with one attached hydrogen (secondary N) is 2. The van der Waals surface area contributed by atoms with Crippen molar-refractivity contribution in [2.75, 3.05) is 19.7 Å². The normalized spacial score (nSPS) is 26.0. The topological polar surface area (TPSA) is 96.5 Å². The Bertz CT molecular complexity index is 915. The minimum Gasteiger partial charge on any atom is -0.360 e. The Kier molecular flexibility index (Phi) is 4.12. The summed E-state index contributed by atoms with van der Waals surface area (Å²) in [6.45, 7) is 7.11. The highest BCUT2D eigenvalue weighted by molar-refractivity contribution is 5.94. The number of carbonyl (C=O) groups is 2. The number of hydrogen-bond donors (Lipinski definition) is 2. The SMILES string of the molecule is CC1(OCCNC(=O)c2cnc3ccccc3n2)C(=O)N2C1NCC2(C)C. The molecule has 2 fully saturated rings. The Morgan fingerprint density at radius 2 is 2.07 bits per heavy atom. The van der Waals surface area contributed by atoms with Gasteiger partial charge < -0.3 is 15.0 Å². The summed E-state index contributed by atoms with van der Waals surface area (Å²) in [5.41, 5.74) is 0.578. The maximum Gasteiger partial charge on any atom is 0.271 e. The molecular weight excluding hydrogens is 346 g/mol. The van der Waals surface area contributed by atoms with Gasteiger partial charge in [0.15, 0.2) is 5.60 Å². The number of amides is 2. The van der Waals surface area contributed by atoms with Crippen LogP contribution in [0.2, 0.25) is 0 Å². The molecule has 2 aromatic rings. The first-order chi connectivity index (χ1) is 12.8. The highest BCUT2D eigenvalue weighted by Crippen LogP contribution is 2.41. The van der Waals surface area contributed by atoms with E-state index in [4.69, 9.17) is 4.74 Å². The molecule has 2 unspecified atom stereocenters. The zero-order valence-electron chi connectivity index (χ0n) is 15.7. The van der Waals surface area contributed by atoms with E-state index in [1.165, 1.54) is 6.20 Å². The number of rotatable bonds is 5. The standard InChI is InChI=1S/C19H23N5O3/c1-18(2)11-22-16-19(3,17(26)24(16)18)27-9-8-20-15(25)14-10-21-12-6-4-5-7-13(12)23-14/h4-7,10,16,22H,8-9,11H2,1-3H3,(H,20,25). The smallest absolute Gasteiger partial charge is 0.271 e. The summed E-state index contributed by atoms with van der Waals surface area (Å²) in [5, 5.41) is 6.10. The Morgan fingerprint density at radius 3 is 2.85 bits per heavy atom. The van der Waals surface area contributed by atoms with Gasteiger partial charge in [0.1, 0.15) is 11.9 Å². The molecule has 0 radical (unpaired) electrons. The van der Waals surface area contributed by atoms with E-state index in [9.17, 15) is 9.59 Å². The van der Waals surface area contributed by atoms with Crippen molar-refractivity contribution in [2.24, 2.45) is 0 Å². The highest BCUT2D eigenvalue weighted by Gasteiger charge is 2.65. The van der Waals surface area contributed by atoms with Gasteiger partial charge in [-0.25, -0.2) is 4.98 Å². The summed E-state index contributed by atoms with van der Waals surface area (Å²) in [6.07, 6.45) is 1.33. The molecule has 2 N–H and O–H groups in total. The van der Waals surface area contributed by atoms with Crippen molar-refractivity contribution in [3.05, 3.63) is 36.2 Å². The zero-order valence-corrected chi connectivity index (χ0v) is 15.7. The van der Waals surface area contributed by atoms with Gasteiger partial charge in [-0.15, -0.1) is 0 Å². The van der Waals surface area contributed by atoms with E-state index < -0.39 is 5.60 Å². The summed E-state index contributed by atoms with van der Waals surface area (Å²) in [5.74, 6) is -0.335. The van der Waals surface area contributed by atoms with Gasteiger partial charge in [0.25, 0.3) is 11.8 Å². The molecule has 27 heavy (non-hydrogen) atoms. The lowest BCUT2D eigenvalue weighted by atomic mass is 9.87. The van der Waals surface area contributed by atoms with Crippen LogP contribution < -0.4 is 10.6 Å². The predicted molar refractivity (Wildman–Crippen MR) is 98.9 cm³/mol. The monoisotopic (exact) mass is 369 g/mol. The molecule has 2 aliphatic heterocycles. The summed E-state index contributed by atoms with van der Waals surface area (Å²) in [6, 6.07) is 7.38. The van der Waals surface area contributed by atoms with Crippen molar-refractivity contribution >= 4 is 22.8 Å². The van der Waals surface area contributed by atoms with Crippen LogP contribution in [0.5, 0.6) is 0 Å². The largest absolute Gasteiger partial charge is 0.360 e. The highest BCUT2D eigenvalue weighted by atomic mass is 16.5. The first kappa shape index (κ1) is 17.8. The molecule has 0 spiro atoms. The van der Waals surface area contributed by atoms with Crippen molar-refractivity contribution in [3.8, 4) is 0 Å². The molecule has 2 aliphatic rings. The van der Waals surface area contributed by atoms with Gasteiger partial charge in [-0.3, -0.25) is 19.9 Å². The van der Waals surface area contributed by atoms with E-state index in [0.717, 1.165) is 12.1 Å². The number of para-hydroxylation sites is 2. The Hall–Kier alpha value is -2.58. The number of aromatic nitrogens is 2. The fourth-order valence-corrected chi connectivity index (χ4v) is 3.72. The molecule has 2 saturated heterocycles. The summed E-state index contributed by atoms with van der Waals surface area (Å²) in [7, 11) is 0. The molecule has 142 valence electrons. The number of nitrogens with zero attached hydrogens (tertiary/aromatic N) is 3. The zero-order chi connectivity index (χ0) is 19.2. The average Bonchev–Trinajstić information content (AvgIpc) is 2.97. The van der Waals surface area contributed by atoms with Gasteiger partial charge in [-0.05, 0) is 32.9 Å². The average molecular weight is 369 g/mol. The lowest BCUT2D eigenvalue weighted by Gasteiger charge is -2.53. The number of carbonyl (C=O) groups excluding carboxylic acids is 2. The fourth-order valence-electron chi connectivity index (χ4n) is 3.72. The van der Waals surface area contributed by atoms with Gasteiger partial charge in [0.05, 0.1) is 29.4 Å². The van der Waals surface area contributed by atoms with Crippen LogP contribution in [0.15, 0.2) is 30.5 Å². The molecule has 2 amide bonds. The number of hydrogen-bond acceptors (Lipinski definition) is 6. The van der Waals surface area contributed by atoms with E-state index in [1.54, 1.807) is 6.92 Å². The molecule has 0 bridgehead atoms. The third kappa shape index (κ3) is 2.85. The molecule has 2 atom stereocenters. The molecule has 8 nitrogen and oxygen atoms in total. The maximum atomic E-state index is 12.5. The maximum absolute atomic E-state index is 12.5. The molecule has 3 heterocycles. The second kappa shape index (κ2) is 6.24.